The van der Waals surface area contributed by atoms with E-state index in [1.54, 1.807) is 0 Å². The van der Waals surface area contributed by atoms with Crippen LogP contribution in [0.3, 0.4) is 0 Å². The summed E-state index contributed by atoms with van der Waals surface area (Å²) in [7, 11) is 0. The first-order chi connectivity index (χ1) is 7.39. The SMILES string of the molecule is O=c1cc(O)nc2n1[C@@H](C(F)(F)F)CCN2. The minimum atomic E-state index is -4.50. The third-order valence-electron chi connectivity index (χ3n) is 2.33. The van der Waals surface area contributed by atoms with E-state index in [2.05, 4.69) is 10.3 Å². The van der Waals surface area contributed by atoms with Gasteiger partial charge < -0.3 is 10.4 Å². The van der Waals surface area contributed by atoms with Crippen molar-refractivity contribution in [3.05, 3.63) is 16.4 Å². The van der Waals surface area contributed by atoms with Crippen molar-refractivity contribution in [2.45, 2.75) is 18.6 Å². The monoisotopic (exact) mass is 235 g/mol. The predicted molar refractivity (Wildman–Crippen MR) is 48.4 cm³/mol. The number of halogens is 3. The van der Waals surface area contributed by atoms with Crippen LogP contribution in [0.1, 0.15) is 12.5 Å². The zero-order valence-corrected chi connectivity index (χ0v) is 7.95. The molecule has 0 fully saturated rings. The maximum Gasteiger partial charge on any atom is 0.409 e. The molecule has 0 aliphatic carbocycles. The highest BCUT2D eigenvalue weighted by atomic mass is 19.4. The Hall–Kier alpha value is -1.73. The molecule has 1 atom stereocenters. The fourth-order valence-corrected chi connectivity index (χ4v) is 1.66. The number of nitrogens with one attached hydrogen (secondary N) is 1. The molecule has 16 heavy (non-hydrogen) atoms. The van der Waals surface area contributed by atoms with Gasteiger partial charge in [0, 0.05) is 6.54 Å². The van der Waals surface area contributed by atoms with E-state index < -0.39 is 23.7 Å². The van der Waals surface area contributed by atoms with Crippen molar-refractivity contribution >= 4 is 5.95 Å². The lowest BCUT2D eigenvalue weighted by Gasteiger charge is -2.29. The summed E-state index contributed by atoms with van der Waals surface area (Å²) >= 11 is 0. The van der Waals surface area contributed by atoms with Gasteiger partial charge in [-0.2, -0.15) is 18.2 Å². The van der Waals surface area contributed by atoms with Crippen LogP contribution in [-0.2, 0) is 0 Å². The Bertz CT molecular complexity index is 469. The maximum absolute atomic E-state index is 12.6. The second-order valence-electron chi connectivity index (χ2n) is 3.42. The molecule has 8 heteroatoms. The van der Waals surface area contributed by atoms with Crippen LogP contribution in [0.2, 0.25) is 0 Å². The molecule has 1 aliphatic rings. The second kappa shape index (κ2) is 3.39. The van der Waals surface area contributed by atoms with Gasteiger partial charge in [0.25, 0.3) is 5.56 Å². The van der Waals surface area contributed by atoms with Crippen molar-refractivity contribution in [3.63, 3.8) is 0 Å². The van der Waals surface area contributed by atoms with Gasteiger partial charge in [0.05, 0.1) is 6.07 Å². The summed E-state index contributed by atoms with van der Waals surface area (Å²) in [6, 6.07) is -1.22. The van der Waals surface area contributed by atoms with Crippen molar-refractivity contribution in [2.75, 3.05) is 11.9 Å². The van der Waals surface area contributed by atoms with E-state index in [1.807, 2.05) is 0 Å². The normalized spacial score (nSPS) is 20.1. The summed E-state index contributed by atoms with van der Waals surface area (Å²) in [5.74, 6) is -0.842. The molecule has 5 nitrogen and oxygen atoms in total. The molecule has 0 radical (unpaired) electrons. The molecule has 0 aromatic carbocycles. The van der Waals surface area contributed by atoms with Crippen molar-refractivity contribution < 1.29 is 18.3 Å². The van der Waals surface area contributed by atoms with E-state index in [-0.39, 0.29) is 18.9 Å². The first kappa shape index (κ1) is 10.8. The lowest BCUT2D eigenvalue weighted by molar-refractivity contribution is -0.170. The molecule has 1 aromatic heterocycles. The molecule has 2 heterocycles. The van der Waals surface area contributed by atoms with E-state index in [0.717, 1.165) is 0 Å². The number of alkyl halides is 3. The first-order valence-electron chi connectivity index (χ1n) is 4.53. The average Bonchev–Trinajstić information content (AvgIpc) is 2.14. The highest BCUT2D eigenvalue weighted by Crippen LogP contribution is 2.35. The van der Waals surface area contributed by atoms with E-state index in [1.165, 1.54) is 0 Å². The van der Waals surface area contributed by atoms with Crippen molar-refractivity contribution in [2.24, 2.45) is 0 Å². The van der Waals surface area contributed by atoms with Gasteiger partial charge in [0.1, 0.15) is 6.04 Å². The summed E-state index contributed by atoms with van der Waals surface area (Å²) in [6.45, 7) is 0.0556. The lowest BCUT2D eigenvalue weighted by Crippen LogP contribution is -2.40. The van der Waals surface area contributed by atoms with Gasteiger partial charge in [-0.15, -0.1) is 0 Å². The molecule has 0 spiro atoms. The van der Waals surface area contributed by atoms with Gasteiger partial charge in [0.15, 0.2) is 0 Å². The van der Waals surface area contributed by atoms with Crippen molar-refractivity contribution in [1.82, 2.24) is 9.55 Å². The van der Waals surface area contributed by atoms with Crippen LogP contribution < -0.4 is 10.9 Å². The molecular formula is C8H8F3N3O2. The fourth-order valence-electron chi connectivity index (χ4n) is 1.66. The largest absolute Gasteiger partial charge is 0.493 e. The molecule has 1 aromatic rings. The third kappa shape index (κ3) is 1.70. The Morgan fingerprint density at radius 3 is 2.88 bits per heavy atom. The minimum absolute atomic E-state index is 0.0556. The summed E-state index contributed by atoms with van der Waals surface area (Å²) < 4.78 is 38.4. The number of nitrogens with zero attached hydrogens (tertiary/aromatic N) is 2. The number of aromatic nitrogens is 2. The van der Waals surface area contributed by atoms with E-state index in [4.69, 9.17) is 5.11 Å². The molecule has 88 valence electrons. The standard InChI is InChI=1S/C8H8F3N3O2/c9-8(10,11)4-1-2-12-7-13-5(15)3-6(16)14(4)7/h3-4,15H,1-2H2,(H,12,13)/t4-/m1/s1. The number of hydrogen-bond acceptors (Lipinski definition) is 4. The van der Waals surface area contributed by atoms with E-state index >= 15 is 0 Å². The van der Waals surface area contributed by atoms with Gasteiger partial charge in [-0.25, -0.2) is 0 Å². The lowest BCUT2D eigenvalue weighted by atomic mass is 10.1. The molecule has 1 aliphatic heterocycles. The molecule has 0 unspecified atom stereocenters. The summed E-state index contributed by atoms with van der Waals surface area (Å²) in [6.07, 6.45) is -4.73. The van der Waals surface area contributed by atoms with Crippen LogP contribution in [0.25, 0.3) is 0 Å². The van der Waals surface area contributed by atoms with Crippen LogP contribution >= 0.6 is 0 Å². The van der Waals surface area contributed by atoms with Gasteiger partial charge in [-0.05, 0) is 6.42 Å². The van der Waals surface area contributed by atoms with Crippen LogP contribution in [0.15, 0.2) is 10.9 Å². The quantitative estimate of drug-likeness (QED) is 0.700. The number of hydrogen-bond donors (Lipinski definition) is 2. The summed E-state index contributed by atoms with van der Waals surface area (Å²) in [5, 5.41) is 11.6. The van der Waals surface area contributed by atoms with Crippen LogP contribution in [0.4, 0.5) is 19.1 Å². The zero-order valence-electron chi connectivity index (χ0n) is 7.95. The van der Waals surface area contributed by atoms with E-state index in [9.17, 15) is 18.0 Å². The molecule has 2 rings (SSSR count). The first-order valence-corrected chi connectivity index (χ1v) is 4.53. The Morgan fingerprint density at radius 2 is 2.25 bits per heavy atom. The summed E-state index contributed by atoms with van der Waals surface area (Å²) in [4.78, 5) is 14.8. The molecule has 0 saturated carbocycles. The van der Waals surface area contributed by atoms with Crippen LogP contribution in [0, 0.1) is 0 Å². The highest BCUT2D eigenvalue weighted by molar-refractivity contribution is 5.32. The molecule has 0 amide bonds. The van der Waals surface area contributed by atoms with Crippen LogP contribution in [0.5, 0.6) is 5.88 Å². The van der Waals surface area contributed by atoms with Gasteiger partial charge in [0.2, 0.25) is 11.8 Å². The minimum Gasteiger partial charge on any atom is -0.493 e. The van der Waals surface area contributed by atoms with E-state index in [0.29, 0.717) is 10.6 Å². The Morgan fingerprint density at radius 1 is 1.56 bits per heavy atom. The predicted octanol–water partition coefficient (Wildman–Crippen LogP) is 0.868. The Labute approximate surface area is 87.5 Å². The Kier molecular flexibility index (Phi) is 2.28. The van der Waals surface area contributed by atoms with Crippen LogP contribution in [-0.4, -0.2) is 27.4 Å². The maximum atomic E-state index is 12.6. The van der Waals surface area contributed by atoms with Gasteiger partial charge >= 0.3 is 6.18 Å². The molecule has 2 N–H and O–H groups in total. The summed E-state index contributed by atoms with van der Waals surface area (Å²) in [5.41, 5.74) is -0.919. The number of aromatic hydroxyl groups is 1. The zero-order chi connectivity index (χ0) is 11.9. The molecule has 0 bridgehead atoms. The number of anilines is 1. The van der Waals surface area contributed by atoms with Crippen molar-refractivity contribution in [3.8, 4) is 5.88 Å². The van der Waals surface area contributed by atoms with Gasteiger partial charge in [-0.3, -0.25) is 9.36 Å². The van der Waals surface area contributed by atoms with Crippen molar-refractivity contribution in [1.29, 1.82) is 0 Å². The average molecular weight is 235 g/mol. The fraction of sp³-hybridized carbons (Fsp3) is 0.500. The Balaban J connectivity index is 2.59. The number of fused-ring (bicyclic) bond motifs is 1. The highest BCUT2D eigenvalue weighted by Gasteiger charge is 2.43. The smallest absolute Gasteiger partial charge is 0.409 e. The molecule has 0 saturated heterocycles. The topological polar surface area (TPSA) is 67.1 Å². The molecular weight excluding hydrogens is 227 g/mol. The third-order valence-corrected chi connectivity index (χ3v) is 2.33. The van der Waals surface area contributed by atoms with Gasteiger partial charge in [-0.1, -0.05) is 0 Å². The second-order valence-corrected chi connectivity index (χ2v) is 3.42. The number of rotatable bonds is 0.